The zero-order valence-electron chi connectivity index (χ0n) is 13.6. The molecular formula is C17H18N2O2S3. The van der Waals surface area contributed by atoms with Gasteiger partial charge in [0.2, 0.25) is 8.87 Å². The fourth-order valence-electron chi connectivity index (χ4n) is 2.38. The van der Waals surface area contributed by atoms with Crippen molar-refractivity contribution in [1.82, 2.24) is 4.98 Å². The van der Waals surface area contributed by atoms with Crippen LogP contribution in [-0.2, 0) is 8.87 Å². The highest BCUT2D eigenvalue weighted by molar-refractivity contribution is 8.72. The highest BCUT2D eigenvalue weighted by Crippen LogP contribution is 2.39. The normalized spacial score (nSPS) is 12.2. The number of nitrogens with zero attached hydrogens (tertiary/aromatic N) is 1. The minimum atomic E-state index is -3.48. The van der Waals surface area contributed by atoms with Gasteiger partial charge >= 0.3 is 0 Å². The average Bonchev–Trinajstić information content (AvgIpc) is 2.85. The van der Waals surface area contributed by atoms with Gasteiger partial charge in [-0.15, -0.1) is 0 Å². The number of nitrogen functional groups attached to an aromatic ring is 1. The number of nitrogens with two attached hydrogens (primary N) is 1. The molecule has 3 rings (SSSR count). The molecule has 0 aliphatic carbocycles. The van der Waals surface area contributed by atoms with Gasteiger partial charge in [0, 0.05) is 15.7 Å². The number of fused-ring (bicyclic) bond motifs is 1. The second-order valence-corrected chi connectivity index (χ2v) is 10.8. The summed E-state index contributed by atoms with van der Waals surface area (Å²) >= 11 is 1.37. The molecule has 0 aliphatic heterocycles. The minimum Gasteiger partial charge on any atom is -0.375 e. The van der Waals surface area contributed by atoms with Crippen molar-refractivity contribution in [3.8, 4) is 0 Å². The van der Waals surface area contributed by atoms with Crippen LogP contribution >= 0.6 is 22.1 Å². The first-order valence-corrected chi connectivity index (χ1v) is 11.1. The molecule has 0 bridgehead atoms. The maximum absolute atomic E-state index is 12.8. The molecule has 0 atom stereocenters. The number of hydrogen-bond acceptors (Lipinski definition) is 6. The number of aromatic nitrogens is 1. The number of rotatable bonds is 4. The Hall–Kier alpha value is -1.57. The van der Waals surface area contributed by atoms with Gasteiger partial charge in [0.15, 0.2) is 5.13 Å². The van der Waals surface area contributed by atoms with Crippen LogP contribution in [0.1, 0.15) is 30.9 Å². The second kappa shape index (κ2) is 6.38. The lowest BCUT2D eigenvalue weighted by Gasteiger charge is -2.12. The van der Waals surface area contributed by atoms with Gasteiger partial charge in [-0.3, -0.25) is 0 Å². The van der Waals surface area contributed by atoms with Crippen LogP contribution in [0.5, 0.6) is 0 Å². The third-order valence-corrected chi connectivity index (χ3v) is 7.89. The predicted octanol–water partition coefficient (Wildman–Crippen LogP) is 4.79. The lowest BCUT2D eigenvalue weighted by molar-refractivity contribution is 0.610. The van der Waals surface area contributed by atoms with Crippen molar-refractivity contribution in [2.45, 2.75) is 36.5 Å². The summed E-state index contributed by atoms with van der Waals surface area (Å²) in [5, 5.41) is 0.489. The summed E-state index contributed by atoms with van der Waals surface area (Å²) in [4.78, 5) is 5.35. The van der Waals surface area contributed by atoms with Gasteiger partial charge in [-0.05, 0) is 42.7 Å². The molecule has 0 amide bonds. The first-order valence-electron chi connectivity index (χ1n) is 7.47. The van der Waals surface area contributed by atoms with Crippen LogP contribution in [0, 0.1) is 6.92 Å². The third kappa shape index (κ3) is 3.43. The molecule has 0 fully saturated rings. The van der Waals surface area contributed by atoms with E-state index in [-0.39, 0.29) is 5.92 Å². The first-order chi connectivity index (χ1) is 11.3. The third-order valence-electron chi connectivity index (χ3n) is 3.67. The molecule has 7 heteroatoms. The Kier molecular flexibility index (Phi) is 4.59. The second-order valence-electron chi connectivity index (χ2n) is 5.92. The molecule has 0 unspecified atom stereocenters. The van der Waals surface area contributed by atoms with E-state index in [1.165, 1.54) is 11.3 Å². The van der Waals surface area contributed by atoms with Crippen molar-refractivity contribution in [2.75, 3.05) is 5.73 Å². The Morgan fingerprint density at radius 1 is 1.17 bits per heavy atom. The average molecular weight is 379 g/mol. The molecule has 126 valence electrons. The molecule has 0 aliphatic rings. The van der Waals surface area contributed by atoms with E-state index in [1.807, 2.05) is 45.0 Å². The molecule has 0 saturated carbocycles. The van der Waals surface area contributed by atoms with E-state index in [1.54, 1.807) is 12.1 Å². The topological polar surface area (TPSA) is 73.0 Å². The van der Waals surface area contributed by atoms with Gasteiger partial charge in [-0.2, -0.15) is 0 Å². The van der Waals surface area contributed by atoms with Crippen molar-refractivity contribution in [3.05, 3.63) is 47.5 Å². The fourth-order valence-corrected chi connectivity index (χ4v) is 6.34. The number of thiazole rings is 1. The molecule has 2 aromatic carbocycles. The van der Waals surface area contributed by atoms with Crippen LogP contribution in [0.2, 0.25) is 0 Å². The highest BCUT2D eigenvalue weighted by atomic mass is 33.1. The smallest absolute Gasteiger partial charge is 0.234 e. The van der Waals surface area contributed by atoms with Crippen molar-refractivity contribution in [3.63, 3.8) is 0 Å². The van der Waals surface area contributed by atoms with Gasteiger partial charge in [-0.1, -0.05) is 42.9 Å². The quantitative estimate of drug-likeness (QED) is 0.661. The van der Waals surface area contributed by atoms with Gasteiger partial charge in [0.05, 0.1) is 15.1 Å². The Morgan fingerprint density at radius 3 is 2.46 bits per heavy atom. The summed E-state index contributed by atoms with van der Waals surface area (Å²) in [6.07, 6.45) is 0. The highest BCUT2D eigenvalue weighted by Gasteiger charge is 2.21. The Morgan fingerprint density at radius 2 is 1.83 bits per heavy atom. The Bertz CT molecular complexity index is 991. The molecule has 1 heterocycles. The van der Waals surface area contributed by atoms with Crippen molar-refractivity contribution in [2.24, 2.45) is 0 Å². The standard InChI is InChI=1S/C17H18N2O2S3/c1-10(2)13-8-14-16(22-17(18)19-14)9-15(13)23-24(20,21)12-6-4-11(3)5-7-12/h4-10H,1-3H3,(H2,18,19). The SMILES string of the molecule is Cc1ccc(S(=O)(=O)Sc2cc3sc(N)nc3cc2C(C)C)cc1. The molecule has 1 aromatic heterocycles. The summed E-state index contributed by atoms with van der Waals surface area (Å²) < 4.78 is 26.4. The molecule has 0 saturated heterocycles. The monoisotopic (exact) mass is 378 g/mol. The van der Waals surface area contributed by atoms with E-state index in [4.69, 9.17) is 5.73 Å². The molecule has 24 heavy (non-hydrogen) atoms. The summed E-state index contributed by atoms with van der Waals surface area (Å²) in [5.41, 5.74) is 8.60. The number of benzene rings is 2. The van der Waals surface area contributed by atoms with Crippen molar-refractivity contribution in [1.29, 1.82) is 0 Å². The first kappa shape index (κ1) is 17.3. The zero-order valence-corrected chi connectivity index (χ0v) is 16.1. The van der Waals surface area contributed by atoms with Gasteiger partial charge in [0.1, 0.15) is 0 Å². The molecule has 0 spiro atoms. The Balaban J connectivity index is 2.07. The van der Waals surface area contributed by atoms with Crippen LogP contribution in [0.3, 0.4) is 0 Å². The van der Waals surface area contributed by atoms with Crippen LogP contribution in [-0.4, -0.2) is 13.4 Å². The van der Waals surface area contributed by atoms with E-state index < -0.39 is 8.87 Å². The molecule has 0 radical (unpaired) electrons. The number of hydrogen-bond donors (Lipinski definition) is 1. The predicted molar refractivity (Wildman–Crippen MR) is 102 cm³/mol. The summed E-state index contributed by atoms with van der Waals surface area (Å²) in [6, 6.07) is 10.7. The maximum Gasteiger partial charge on any atom is 0.234 e. The van der Waals surface area contributed by atoms with Crippen LogP contribution in [0.15, 0.2) is 46.2 Å². The van der Waals surface area contributed by atoms with E-state index in [2.05, 4.69) is 4.98 Å². The molecule has 4 nitrogen and oxygen atoms in total. The maximum atomic E-state index is 12.8. The Labute approximate surface area is 149 Å². The summed E-state index contributed by atoms with van der Waals surface area (Å²) in [5.74, 6) is 0.188. The molecule has 2 N–H and O–H groups in total. The van der Waals surface area contributed by atoms with Crippen LogP contribution < -0.4 is 5.73 Å². The van der Waals surface area contributed by atoms with E-state index in [9.17, 15) is 8.42 Å². The lowest BCUT2D eigenvalue weighted by atomic mass is 10.0. The largest absolute Gasteiger partial charge is 0.375 e. The summed E-state index contributed by atoms with van der Waals surface area (Å²) in [6.45, 7) is 6.02. The van der Waals surface area contributed by atoms with E-state index in [0.717, 1.165) is 37.0 Å². The summed E-state index contributed by atoms with van der Waals surface area (Å²) in [7, 11) is -2.58. The number of anilines is 1. The van der Waals surface area contributed by atoms with Crippen LogP contribution in [0.4, 0.5) is 5.13 Å². The van der Waals surface area contributed by atoms with Crippen molar-refractivity contribution < 1.29 is 8.42 Å². The fraction of sp³-hybridized carbons (Fsp3) is 0.235. The zero-order chi connectivity index (χ0) is 17.5. The van der Waals surface area contributed by atoms with Gasteiger partial charge < -0.3 is 5.73 Å². The van der Waals surface area contributed by atoms with Crippen molar-refractivity contribution >= 4 is 46.3 Å². The molecular weight excluding hydrogens is 360 g/mol. The van der Waals surface area contributed by atoms with E-state index in [0.29, 0.717) is 10.0 Å². The lowest BCUT2D eigenvalue weighted by Crippen LogP contribution is -1.98. The van der Waals surface area contributed by atoms with Gasteiger partial charge in [-0.25, -0.2) is 13.4 Å². The van der Waals surface area contributed by atoms with E-state index >= 15 is 0 Å². The number of aryl methyl sites for hydroxylation is 1. The van der Waals surface area contributed by atoms with Gasteiger partial charge in [0.25, 0.3) is 0 Å². The minimum absolute atomic E-state index is 0.188. The molecule has 3 aromatic rings. The van der Waals surface area contributed by atoms with Crippen LogP contribution in [0.25, 0.3) is 10.2 Å².